The molecule has 0 radical (unpaired) electrons. The Kier molecular flexibility index (Phi) is 7.14. The molecule has 1 aromatic rings. The van der Waals surface area contributed by atoms with Gasteiger partial charge in [-0.25, -0.2) is 0 Å². The number of halogens is 5. The predicted octanol–water partition coefficient (Wildman–Crippen LogP) is 5.86. The highest BCUT2D eigenvalue weighted by Crippen LogP contribution is 2.44. The molecular weight excluding hydrogens is 342 g/mol. The number of thiol groups is 1. The molecule has 2 rings (SSSR count). The van der Waals surface area contributed by atoms with Crippen LogP contribution in [0.1, 0.15) is 33.3 Å². The van der Waals surface area contributed by atoms with Gasteiger partial charge in [0, 0.05) is 22.7 Å². The summed E-state index contributed by atoms with van der Waals surface area (Å²) in [5, 5.41) is 0. The van der Waals surface area contributed by atoms with E-state index in [1.54, 1.807) is 0 Å². The van der Waals surface area contributed by atoms with Crippen molar-refractivity contribution >= 4 is 19.0 Å². The van der Waals surface area contributed by atoms with Gasteiger partial charge in [0.1, 0.15) is 0 Å². The normalized spacial score (nSPS) is 24.2. The third kappa shape index (κ3) is 5.40. The standard InChI is InChI=1S/C17H21FS.BF4/c1-12-13(2)16(19-11-18)10-17(4,14(12)3)15-8-6-5-7-9-15;2-1(3,4)5/h5-10,14H,11H2,1-4H3;/q;-1/p+1. The minimum Gasteiger partial charge on any atom is -0.418 e. The monoisotopic (exact) mass is 364 g/mol. The Morgan fingerprint density at radius 3 is 2.04 bits per heavy atom. The molecule has 24 heavy (non-hydrogen) atoms. The number of alkyl halides is 1. The van der Waals surface area contributed by atoms with Crippen LogP contribution in [-0.2, 0) is 17.2 Å². The summed E-state index contributed by atoms with van der Waals surface area (Å²) in [6.07, 6.45) is 2.27. The van der Waals surface area contributed by atoms with Gasteiger partial charge in [0.05, 0.1) is 0 Å². The second kappa shape index (κ2) is 8.23. The minimum absolute atomic E-state index is 0.0393. The Hall–Kier alpha value is -1.24. The van der Waals surface area contributed by atoms with Gasteiger partial charge >= 0.3 is 7.25 Å². The summed E-state index contributed by atoms with van der Waals surface area (Å²) in [5.41, 5.74) is 3.91. The smallest absolute Gasteiger partial charge is 0.418 e. The average Bonchev–Trinajstić information content (AvgIpc) is 2.50. The number of hydrogen-bond donors (Lipinski definition) is 0. The van der Waals surface area contributed by atoms with Gasteiger partial charge < -0.3 is 17.3 Å². The summed E-state index contributed by atoms with van der Waals surface area (Å²) in [4.78, 5) is 1.14. The fraction of sp³-hybridized carbons (Fsp3) is 0.412. The third-order valence-electron chi connectivity index (χ3n) is 4.59. The molecule has 0 aliphatic heterocycles. The lowest BCUT2D eigenvalue weighted by Crippen LogP contribution is -2.33. The molecule has 0 nitrogen and oxygen atoms in total. The van der Waals surface area contributed by atoms with Gasteiger partial charge in [0.15, 0.2) is 4.91 Å². The van der Waals surface area contributed by atoms with Gasteiger partial charge in [-0.3, -0.25) is 0 Å². The van der Waals surface area contributed by atoms with E-state index in [4.69, 9.17) is 0 Å². The van der Waals surface area contributed by atoms with Crippen molar-refractivity contribution in [1.29, 1.82) is 0 Å². The van der Waals surface area contributed by atoms with Crippen LogP contribution in [0.4, 0.5) is 21.7 Å². The topological polar surface area (TPSA) is 0 Å². The van der Waals surface area contributed by atoms with Gasteiger partial charge in [-0.05, 0) is 31.4 Å². The van der Waals surface area contributed by atoms with Gasteiger partial charge in [-0.15, -0.1) is 0 Å². The van der Waals surface area contributed by atoms with Crippen molar-refractivity contribution in [2.75, 3.05) is 6.01 Å². The van der Waals surface area contributed by atoms with Crippen LogP contribution in [0.2, 0.25) is 0 Å². The van der Waals surface area contributed by atoms with Crippen molar-refractivity contribution in [2.45, 2.75) is 33.1 Å². The summed E-state index contributed by atoms with van der Waals surface area (Å²) in [5.74, 6) is 0.438. The highest BCUT2D eigenvalue weighted by molar-refractivity contribution is 7.82. The zero-order valence-electron chi connectivity index (χ0n) is 14.2. The summed E-state index contributed by atoms with van der Waals surface area (Å²) in [6, 6.07) is 10.2. The Morgan fingerprint density at radius 2 is 1.58 bits per heavy atom. The molecule has 2 atom stereocenters. The number of benzene rings is 1. The SMILES string of the molecule is CC1=C(C)C(C)C(C)(c2ccccc2)C=C1[SH+]CF.F[B-](F)(F)F. The lowest BCUT2D eigenvalue weighted by atomic mass is 9.66. The molecule has 0 saturated carbocycles. The van der Waals surface area contributed by atoms with E-state index in [1.165, 1.54) is 16.7 Å². The van der Waals surface area contributed by atoms with Crippen molar-refractivity contribution in [1.82, 2.24) is 0 Å². The largest absolute Gasteiger partial charge is 0.673 e. The maximum atomic E-state index is 12.8. The molecule has 0 amide bonds. The summed E-state index contributed by atoms with van der Waals surface area (Å²) in [6.45, 7) is 8.83. The van der Waals surface area contributed by atoms with E-state index in [0.717, 1.165) is 16.7 Å². The zero-order chi connectivity index (χ0) is 18.5. The first kappa shape index (κ1) is 20.8. The van der Waals surface area contributed by atoms with Crippen LogP contribution in [0.5, 0.6) is 0 Å². The van der Waals surface area contributed by atoms with Crippen LogP contribution in [0, 0.1) is 5.92 Å². The van der Waals surface area contributed by atoms with E-state index in [0.29, 0.717) is 5.92 Å². The Balaban J connectivity index is 0.000000505. The van der Waals surface area contributed by atoms with Gasteiger partial charge in [-0.1, -0.05) is 49.8 Å². The van der Waals surface area contributed by atoms with Gasteiger partial charge in [0.2, 0.25) is 6.01 Å². The minimum atomic E-state index is -6.00. The molecule has 1 aromatic carbocycles. The molecule has 134 valence electrons. The molecule has 0 heterocycles. The van der Waals surface area contributed by atoms with E-state index in [9.17, 15) is 21.7 Å². The Morgan fingerprint density at radius 1 is 1.08 bits per heavy atom. The highest BCUT2D eigenvalue weighted by atomic mass is 32.2. The molecule has 7 heteroatoms. The van der Waals surface area contributed by atoms with Crippen molar-refractivity contribution in [3.05, 3.63) is 58.0 Å². The van der Waals surface area contributed by atoms with Gasteiger partial charge in [-0.2, -0.15) is 4.39 Å². The molecule has 1 aliphatic carbocycles. The van der Waals surface area contributed by atoms with E-state index < -0.39 is 7.25 Å². The lowest BCUT2D eigenvalue weighted by Gasteiger charge is -2.38. The highest BCUT2D eigenvalue weighted by Gasteiger charge is 2.38. The first-order valence-electron chi connectivity index (χ1n) is 7.57. The zero-order valence-corrected chi connectivity index (χ0v) is 15.1. The van der Waals surface area contributed by atoms with Crippen LogP contribution in [0.25, 0.3) is 0 Å². The summed E-state index contributed by atoms with van der Waals surface area (Å²) < 4.78 is 51.8. The number of rotatable bonds is 3. The molecule has 0 spiro atoms. The van der Waals surface area contributed by atoms with Crippen LogP contribution < -0.4 is 0 Å². The number of hydrogen-bond acceptors (Lipinski definition) is 0. The fourth-order valence-electron chi connectivity index (χ4n) is 2.85. The maximum absolute atomic E-state index is 12.8. The molecule has 0 N–H and O–H groups in total. The second-order valence-electron chi connectivity index (χ2n) is 5.98. The fourth-order valence-corrected chi connectivity index (χ4v) is 3.75. The molecule has 0 fully saturated rings. The van der Waals surface area contributed by atoms with Crippen molar-refractivity contribution in [3.8, 4) is 0 Å². The lowest BCUT2D eigenvalue weighted by molar-refractivity contribution is 0.368. The van der Waals surface area contributed by atoms with Crippen molar-refractivity contribution in [2.24, 2.45) is 5.92 Å². The third-order valence-corrected chi connectivity index (χ3v) is 5.51. The molecular formula is C17H22BF5S. The van der Waals surface area contributed by atoms with Crippen LogP contribution >= 0.6 is 0 Å². The first-order valence-corrected chi connectivity index (χ1v) is 8.65. The summed E-state index contributed by atoms with van der Waals surface area (Å²) >= 11 is 0.784. The van der Waals surface area contributed by atoms with E-state index in [1.807, 2.05) is 6.07 Å². The number of allylic oxidation sites excluding steroid dienone is 3. The molecule has 0 aromatic heterocycles. The molecule has 0 saturated heterocycles. The van der Waals surface area contributed by atoms with E-state index in [-0.39, 0.29) is 11.4 Å². The van der Waals surface area contributed by atoms with Crippen LogP contribution in [0.15, 0.2) is 52.5 Å². The maximum Gasteiger partial charge on any atom is 0.673 e. The predicted molar refractivity (Wildman–Crippen MR) is 94.3 cm³/mol. The van der Waals surface area contributed by atoms with Crippen LogP contribution in [0.3, 0.4) is 0 Å². The van der Waals surface area contributed by atoms with Crippen molar-refractivity contribution < 1.29 is 21.7 Å². The van der Waals surface area contributed by atoms with Gasteiger partial charge in [0.25, 0.3) is 0 Å². The quantitative estimate of drug-likeness (QED) is 0.273. The van der Waals surface area contributed by atoms with Crippen LogP contribution in [-0.4, -0.2) is 13.3 Å². The molecule has 0 bridgehead atoms. The van der Waals surface area contributed by atoms with E-state index in [2.05, 4.69) is 58.0 Å². The first-order chi connectivity index (χ1) is 11.0. The Bertz CT molecular complexity index is 603. The average molecular weight is 364 g/mol. The molecule has 1 aliphatic rings. The summed E-state index contributed by atoms with van der Waals surface area (Å²) in [7, 11) is -6.00. The molecule has 2 unspecified atom stereocenters. The van der Waals surface area contributed by atoms with E-state index >= 15 is 0 Å². The second-order valence-corrected chi connectivity index (χ2v) is 7.02. The Labute approximate surface area is 144 Å². The van der Waals surface area contributed by atoms with Crippen molar-refractivity contribution in [3.63, 3.8) is 0 Å².